The van der Waals surface area contributed by atoms with Crippen molar-refractivity contribution >= 4 is 29.0 Å². The van der Waals surface area contributed by atoms with Gasteiger partial charge in [-0.3, -0.25) is 14.9 Å². The number of non-ortho nitro benzene ring substituents is 1. The fraction of sp³-hybridized carbons (Fsp3) is 0.286. The van der Waals surface area contributed by atoms with Crippen molar-refractivity contribution in [1.29, 1.82) is 0 Å². The number of thioether (sulfide) groups is 1. The highest BCUT2D eigenvalue weighted by atomic mass is 32.2. The van der Waals surface area contributed by atoms with Crippen molar-refractivity contribution in [3.05, 3.63) is 46.3 Å². The second-order valence-corrected chi connectivity index (χ2v) is 6.36. The molecule has 0 aliphatic heterocycles. The van der Waals surface area contributed by atoms with Crippen molar-refractivity contribution < 1.29 is 22.9 Å². The van der Waals surface area contributed by atoms with Crippen LogP contribution in [0.5, 0.6) is 0 Å². The molecule has 0 radical (unpaired) electrons. The van der Waals surface area contributed by atoms with E-state index in [1.165, 1.54) is 13.1 Å². The molecule has 1 aromatic carbocycles. The Morgan fingerprint density at radius 3 is 2.64 bits per heavy atom. The molecule has 1 amide bonds. The highest BCUT2D eigenvalue weighted by molar-refractivity contribution is 8.00. The summed E-state index contributed by atoms with van der Waals surface area (Å²) in [6, 6.07) is 2.17. The molecule has 2 aromatic rings. The van der Waals surface area contributed by atoms with Crippen LogP contribution in [0.3, 0.4) is 0 Å². The number of hydrogen-bond donors (Lipinski definition) is 1. The summed E-state index contributed by atoms with van der Waals surface area (Å²) in [4.78, 5) is 25.9. The van der Waals surface area contributed by atoms with Gasteiger partial charge in [0.25, 0.3) is 5.69 Å². The molecule has 1 aromatic heterocycles. The van der Waals surface area contributed by atoms with Crippen LogP contribution in [0.1, 0.15) is 12.5 Å². The first-order chi connectivity index (χ1) is 11.6. The largest absolute Gasteiger partial charge is 0.418 e. The molecule has 11 heteroatoms. The summed E-state index contributed by atoms with van der Waals surface area (Å²) in [6.45, 7) is 1.52. The number of anilines is 1. The normalized spacial score (nSPS) is 12.7. The van der Waals surface area contributed by atoms with Crippen molar-refractivity contribution in [2.24, 2.45) is 7.05 Å². The number of rotatable bonds is 5. The van der Waals surface area contributed by atoms with E-state index in [4.69, 9.17) is 0 Å². The quantitative estimate of drug-likeness (QED) is 0.492. The highest BCUT2D eigenvalue weighted by Crippen LogP contribution is 2.37. The molecule has 0 bridgehead atoms. The van der Waals surface area contributed by atoms with E-state index < -0.39 is 39.2 Å². The molecule has 2 rings (SSSR count). The van der Waals surface area contributed by atoms with E-state index in [9.17, 15) is 28.1 Å². The molecule has 0 saturated heterocycles. The standard InChI is InChI=1S/C14H13F3N4O3S/c1-8(25-13-18-5-6-20(13)2)12(22)19-11-4-3-9(21(23)24)7-10(11)14(15,16)17/h3-8H,1-2H3,(H,19,22). The maximum atomic E-state index is 13.1. The number of nitrogens with one attached hydrogen (secondary N) is 1. The zero-order valence-corrected chi connectivity index (χ0v) is 13.9. The summed E-state index contributed by atoms with van der Waals surface area (Å²) in [7, 11) is 1.72. The number of benzene rings is 1. The number of aromatic nitrogens is 2. The van der Waals surface area contributed by atoms with Gasteiger partial charge in [0.1, 0.15) is 0 Å². The fourth-order valence-electron chi connectivity index (χ4n) is 1.90. The van der Waals surface area contributed by atoms with Crippen LogP contribution in [0, 0.1) is 10.1 Å². The Morgan fingerprint density at radius 2 is 2.12 bits per heavy atom. The predicted molar refractivity (Wildman–Crippen MR) is 85.3 cm³/mol. The van der Waals surface area contributed by atoms with E-state index in [0.717, 1.165) is 23.9 Å². The Hall–Kier alpha value is -2.56. The molecule has 134 valence electrons. The van der Waals surface area contributed by atoms with Crippen LogP contribution in [-0.2, 0) is 18.0 Å². The smallest absolute Gasteiger partial charge is 0.329 e. The van der Waals surface area contributed by atoms with E-state index in [1.807, 2.05) is 0 Å². The van der Waals surface area contributed by atoms with E-state index in [-0.39, 0.29) is 0 Å². The number of alkyl halides is 3. The van der Waals surface area contributed by atoms with Gasteiger partial charge in [-0.1, -0.05) is 11.8 Å². The molecule has 0 fully saturated rings. The van der Waals surface area contributed by atoms with Crippen LogP contribution >= 0.6 is 11.8 Å². The molecule has 1 atom stereocenters. The number of carbonyl (C=O) groups excluding carboxylic acids is 1. The Balaban J connectivity index is 2.22. The van der Waals surface area contributed by atoms with Crippen molar-refractivity contribution in [3.63, 3.8) is 0 Å². The number of halogens is 3. The van der Waals surface area contributed by atoms with Crippen LogP contribution in [0.25, 0.3) is 0 Å². The van der Waals surface area contributed by atoms with Crippen LogP contribution in [0.15, 0.2) is 35.7 Å². The number of nitro benzene ring substituents is 1. The van der Waals surface area contributed by atoms with Crippen LogP contribution in [0.4, 0.5) is 24.5 Å². The first-order valence-corrected chi connectivity index (χ1v) is 7.78. The van der Waals surface area contributed by atoms with Crippen molar-refractivity contribution in [3.8, 4) is 0 Å². The number of amides is 1. The van der Waals surface area contributed by atoms with Crippen LogP contribution in [0.2, 0.25) is 0 Å². The minimum Gasteiger partial charge on any atom is -0.329 e. The van der Waals surface area contributed by atoms with E-state index in [2.05, 4.69) is 10.3 Å². The van der Waals surface area contributed by atoms with Crippen molar-refractivity contribution in [2.45, 2.75) is 23.5 Å². The number of carbonyl (C=O) groups is 1. The number of hydrogen-bond acceptors (Lipinski definition) is 5. The molecule has 0 aliphatic rings. The molecule has 1 unspecified atom stereocenters. The van der Waals surface area contributed by atoms with Gasteiger partial charge in [0.2, 0.25) is 5.91 Å². The first-order valence-electron chi connectivity index (χ1n) is 6.90. The average Bonchev–Trinajstić information content (AvgIpc) is 2.91. The molecule has 1 N–H and O–H groups in total. The van der Waals surface area contributed by atoms with Gasteiger partial charge in [0.15, 0.2) is 5.16 Å². The summed E-state index contributed by atoms with van der Waals surface area (Å²) in [5.41, 5.74) is -2.51. The molecule has 7 nitrogen and oxygen atoms in total. The zero-order chi connectivity index (χ0) is 18.8. The number of nitrogens with zero attached hydrogens (tertiary/aromatic N) is 3. The third-order valence-corrected chi connectivity index (χ3v) is 4.38. The summed E-state index contributed by atoms with van der Waals surface area (Å²) in [5.74, 6) is -0.674. The minimum absolute atomic E-state index is 0.395. The SMILES string of the molecule is CC(Sc1nccn1C)C(=O)Nc1ccc([N+](=O)[O-])cc1C(F)(F)F. The summed E-state index contributed by atoms with van der Waals surface area (Å²) < 4.78 is 41.0. The number of aryl methyl sites for hydroxylation is 1. The van der Waals surface area contributed by atoms with Crippen LogP contribution < -0.4 is 5.32 Å². The van der Waals surface area contributed by atoms with Crippen molar-refractivity contribution in [2.75, 3.05) is 5.32 Å². The summed E-state index contributed by atoms with van der Waals surface area (Å²) in [5, 5.41) is 12.7. The Morgan fingerprint density at radius 1 is 1.44 bits per heavy atom. The molecule has 1 heterocycles. The van der Waals surface area contributed by atoms with Gasteiger partial charge in [0.05, 0.1) is 21.4 Å². The van der Waals surface area contributed by atoms with Gasteiger partial charge >= 0.3 is 6.18 Å². The third kappa shape index (κ3) is 4.50. The maximum absolute atomic E-state index is 13.1. The van der Waals surface area contributed by atoms with Gasteiger partial charge in [-0.05, 0) is 13.0 Å². The van der Waals surface area contributed by atoms with Gasteiger partial charge in [0, 0.05) is 31.6 Å². The molecular formula is C14H13F3N4O3S. The zero-order valence-electron chi connectivity index (χ0n) is 13.1. The predicted octanol–water partition coefficient (Wildman–Crippen LogP) is 3.47. The van der Waals surface area contributed by atoms with E-state index in [1.54, 1.807) is 17.8 Å². The topological polar surface area (TPSA) is 90.1 Å². The van der Waals surface area contributed by atoms with Gasteiger partial charge in [-0.25, -0.2) is 4.98 Å². The minimum atomic E-state index is -4.84. The van der Waals surface area contributed by atoms with Crippen molar-refractivity contribution in [1.82, 2.24) is 9.55 Å². The Bertz CT molecular complexity index is 807. The lowest BCUT2D eigenvalue weighted by molar-refractivity contribution is -0.385. The van der Waals surface area contributed by atoms with Gasteiger partial charge in [-0.2, -0.15) is 13.2 Å². The average molecular weight is 374 g/mol. The monoisotopic (exact) mass is 374 g/mol. The number of imidazole rings is 1. The lowest BCUT2D eigenvalue weighted by Crippen LogP contribution is -2.24. The van der Waals surface area contributed by atoms with Gasteiger partial charge < -0.3 is 9.88 Å². The summed E-state index contributed by atoms with van der Waals surface area (Å²) >= 11 is 1.08. The second-order valence-electron chi connectivity index (χ2n) is 5.05. The van der Waals surface area contributed by atoms with E-state index in [0.29, 0.717) is 11.2 Å². The maximum Gasteiger partial charge on any atom is 0.418 e. The van der Waals surface area contributed by atoms with E-state index >= 15 is 0 Å². The second kappa shape index (κ2) is 7.13. The number of nitro groups is 1. The molecular weight excluding hydrogens is 361 g/mol. The lowest BCUT2D eigenvalue weighted by atomic mass is 10.1. The third-order valence-electron chi connectivity index (χ3n) is 3.21. The first kappa shape index (κ1) is 18.8. The van der Waals surface area contributed by atoms with Gasteiger partial charge in [-0.15, -0.1) is 0 Å². The lowest BCUT2D eigenvalue weighted by Gasteiger charge is -2.16. The molecule has 0 saturated carbocycles. The summed E-state index contributed by atoms with van der Waals surface area (Å²) in [6.07, 6.45) is -1.64. The van der Waals surface area contributed by atoms with Crippen LogP contribution in [-0.4, -0.2) is 25.6 Å². The molecule has 0 spiro atoms. The Kier molecular flexibility index (Phi) is 5.36. The highest BCUT2D eigenvalue weighted by Gasteiger charge is 2.36. The fourth-order valence-corrected chi connectivity index (χ4v) is 2.73. The molecule has 25 heavy (non-hydrogen) atoms. The Labute approximate surface area is 144 Å². The molecule has 0 aliphatic carbocycles.